The largest absolute Gasteiger partial charge is 0.391 e. The van der Waals surface area contributed by atoms with Crippen LogP contribution in [0.3, 0.4) is 0 Å². The maximum Gasteiger partial charge on any atom is 0.194 e. The minimum absolute atomic E-state index is 0. The van der Waals surface area contributed by atoms with E-state index in [4.69, 9.17) is 0 Å². The van der Waals surface area contributed by atoms with Gasteiger partial charge in [0, 0.05) is 26.2 Å². The summed E-state index contributed by atoms with van der Waals surface area (Å²) in [6, 6.07) is 6.79. The molecule has 1 heterocycles. The molecule has 6 heteroatoms. The molecule has 2 rings (SSSR count). The molecule has 0 aliphatic carbocycles. The zero-order valence-electron chi connectivity index (χ0n) is 12.3. The van der Waals surface area contributed by atoms with Crippen molar-refractivity contribution in [2.24, 2.45) is 4.99 Å². The summed E-state index contributed by atoms with van der Waals surface area (Å²) in [5.74, 6) is 0.629. The van der Waals surface area contributed by atoms with Crippen LogP contribution in [0.25, 0.3) is 0 Å². The molecule has 0 aromatic heterocycles. The quantitative estimate of drug-likeness (QED) is 0.456. The highest BCUT2D eigenvalue weighted by Crippen LogP contribution is 2.10. The second kappa shape index (κ2) is 9.19. The van der Waals surface area contributed by atoms with Gasteiger partial charge in [-0.3, -0.25) is 4.99 Å². The number of likely N-dealkylation sites (tertiary alicyclic amines) is 1. The van der Waals surface area contributed by atoms with Gasteiger partial charge in [0.1, 0.15) is 5.82 Å². The highest BCUT2D eigenvalue weighted by atomic mass is 127. The molecule has 1 saturated heterocycles. The van der Waals surface area contributed by atoms with E-state index >= 15 is 0 Å². The fraction of sp³-hybridized carbons (Fsp3) is 0.533. The van der Waals surface area contributed by atoms with Crippen molar-refractivity contribution in [3.8, 4) is 0 Å². The number of guanidine groups is 1. The molecule has 2 N–H and O–H groups in total. The number of halogens is 2. The van der Waals surface area contributed by atoms with Gasteiger partial charge in [0.25, 0.3) is 0 Å². The lowest BCUT2D eigenvalue weighted by molar-refractivity contribution is 0.188. The van der Waals surface area contributed by atoms with E-state index in [1.54, 1.807) is 12.1 Å². The van der Waals surface area contributed by atoms with Crippen molar-refractivity contribution in [1.82, 2.24) is 10.2 Å². The molecule has 1 aromatic rings. The average Bonchev–Trinajstić information content (AvgIpc) is 2.86. The van der Waals surface area contributed by atoms with Crippen molar-refractivity contribution in [3.63, 3.8) is 0 Å². The van der Waals surface area contributed by atoms with Crippen LogP contribution in [0, 0.1) is 5.82 Å². The zero-order chi connectivity index (χ0) is 14.4. The Hall–Kier alpha value is -0.890. The van der Waals surface area contributed by atoms with E-state index in [9.17, 15) is 9.50 Å². The van der Waals surface area contributed by atoms with Gasteiger partial charge in [-0.05, 0) is 31.4 Å². The van der Waals surface area contributed by atoms with Gasteiger partial charge >= 0.3 is 0 Å². The second-order valence-electron chi connectivity index (χ2n) is 4.97. The molecule has 0 radical (unpaired) electrons. The summed E-state index contributed by atoms with van der Waals surface area (Å²) in [4.78, 5) is 6.57. The van der Waals surface area contributed by atoms with Crippen LogP contribution in [0.2, 0.25) is 0 Å². The van der Waals surface area contributed by atoms with E-state index in [2.05, 4.69) is 15.2 Å². The van der Waals surface area contributed by atoms with Gasteiger partial charge in [0.05, 0.1) is 6.10 Å². The minimum Gasteiger partial charge on any atom is -0.391 e. The van der Waals surface area contributed by atoms with Gasteiger partial charge in [-0.2, -0.15) is 0 Å². The number of aliphatic hydroxyl groups is 1. The first-order valence-electron chi connectivity index (χ1n) is 7.15. The van der Waals surface area contributed by atoms with E-state index in [0.29, 0.717) is 25.1 Å². The first-order valence-corrected chi connectivity index (χ1v) is 7.15. The molecule has 4 nitrogen and oxygen atoms in total. The van der Waals surface area contributed by atoms with Crippen molar-refractivity contribution < 1.29 is 9.50 Å². The third-order valence-electron chi connectivity index (χ3n) is 3.40. The lowest BCUT2D eigenvalue weighted by atomic mass is 10.1. The molecule has 0 unspecified atom stereocenters. The summed E-state index contributed by atoms with van der Waals surface area (Å²) < 4.78 is 13.5. The van der Waals surface area contributed by atoms with Crippen molar-refractivity contribution in [1.29, 1.82) is 0 Å². The van der Waals surface area contributed by atoms with Crippen LogP contribution in [0.15, 0.2) is 29.3 Å². The number of hydrogen-bond acceptors (Lipinski definition) is 2. The molecule has 118 valence electrons. The van der Waals surface area contributed by atoms with E-state index in [0.717, 1.165) is 25.5 Å². The molecule has 21 heavy (non-hydrogen) atoms. The van der Waals surface area contributed by atoms with Crippen molar-refractivity contribution in [2.75, 3.05) is 26.2 Å². The van der Waals surface area contributed by atoms with Gasteiger partial charge in [-0.1, -0.05) is 18.2 Å². The van der Waals surface area contributed by atoms with Gasteiger partial charge in [-0.15, -0.1) is 24.0 Å². The zero-order valence-corrected chi connectivity index (χ0v) is 14.6. The topological polar surface area (TPSA) is 47.9 Å². The van der Waals surface area contributed by atoms with Gasteiger partial charge in [0.2, 0.25) is 0 Å². The average molecular weight is 407 g/mol. The predicted molar refractivity (Wildman–Crippen MR) is 93.7 cm³/mol. The Morgan fingerprint density at radius 1 is 1.48 bits per heavy atom. The molecule has 1 aliphatic rings. The molecule has 0 saturated carbocycles. The molecule has 0 bridgehead atoms. The first kappa shape index (κ1) is 18.2. The van der Waals surface area contributed by atoms with Crippen LogP contribution >= 0.6 is 24.0 Å². The smallest absolute Gasteiger partial charge is 0.194 e. The molecule has 1 aliphatic heterocycles. The number of nitrogens with zero attached hydrogens (tertiary/aromatic N) is 2. The number of β-amino-alcohol motifs (C(OH)–C–C–N with tert-alkyl or cyclic N) is 1. The van der Waals surface area contributed by atoms with Crippen LogP contribution in [0.1, 0.15) is 18.9 Å². The first-order chi connectivity index (χ1) is 9.70. The second-order valence-corrected chi connectivity index (χ2v) is 4.97. The van der Waals surface area contributed by atoms with Crippen LogP contribution in [-0.2, 0) is 6.42 Å². The van der Waals surface area contributed by atoms with Crippen molar-refractivity contribution >= 4 is 29.9 Å². The lowest BCUT2D eigenvalue weighted by Crippen LogP contribution is -2.40. The minimum atomic E-state index is -0.273. The number of nitrogens with one attached hydrogen (secondary N) is 1. The molecule has 1 atom stereocenters. The number of rotatable bonds is 4. The summed E-state index contributed by atoms with van der Waals surface area (Å²) >= 11 is 0. The normalized spacial score (nSPS) is 18.5. The SMILES string of the molecule is CCNC(=NCCc1ccccc1F)N1CC[C@@H](O)C1.I. The van der Waals surface area contributed by atoms with Crippen molar-refractivity contribution in [2.45, 2.75) is 25.9 Å². The summed E-state index contributed by atoms with van der Waals surface area (Å²) in [6.45, 7) is 4.76. The Kier molecular flexibility index (Phi) is 7.95. The van der Waals surface area contributed by atoms with Crippen LogP contribution in [0.4, 0.5) is 4.39 Å². The molecule has 1 fully saturated rings. The maximum absolute atomic E-state index is 13.5. The fourth-order valence-electron chi connectivity index (χ4n) is 2.34. The van der Waals surface area contributed by atoms with Gasteiger partial charge in [-0.25, -0.2) is 4.39 Å². The number of hydrogen-bond donors (Lipinski definition) is 2. The van der Waals surface area contributed by atoms with E-state index in [-0.39, 0.29) is 35.9 Å². The highest BCUT2D eigenvalue weighted by molar-refractivity contribution is 14.0. The molecule has 1 aromatic carbocycles. The molecular weight excluding hydrogens is 384 g/mol. The third kappa shape index (κ3) is 5.43. The molecular formula is C15H23FIN3O. The Labute approximate surface area is 142 Å². The lowest BCUT2D eigenvalue weighted by Gasteiger charge is -2.20. The third-order valence-corrected chi connectivity index (χ3v) is 3.40. The molecule has 0 spiro atoms. The predicted octanol–water partition coefficient (Wildman–Crippen LogP) is 2.02. The highest BCUT2D eigenvalue weighted by Gasteiger charge is 2.22. The Bertz CT molecular complexity index is 470. The Morgan fingerprint density at radius 3 is 2.86 bits per heavy atom. The standard InChI is InChI=1S/C15H22FN3O.HI/c1-2-17-15(19-10-8-13(20)11-19)18-9-7-12-5-3-4-6-14(12)16;/h3-6,13,20H,2,7-11H2,1H3,(H,17,18);1H/t13-;/m1./s1. The fourth-order valence-corrected chi connectivity index (χ4v) is 2.34. The summed E-state index contributed by atoms with van der Waals surface area (Å²) in [5, 5.41) is 12.8. The van der Waals surface area contributed by atoms with Crippen LogP contribution in [-0.4, -0.2) is 48.2 Å². The van der Waals surface area contributed by atoms with Crippen LogP contribution < -0.4 is 5.32 Å². The van der Waals surface area contributed by atoms with Gasteiger partial charge in [0.15, 0.2) is 5.96 Å². The van der Waals surface area contributed by atoms with E-state index in [1.165, 1.54) is 6.07 Å². The number of aliphatic imine (C=N–C) groups is 1. The molecule has 0 amide bonds. The van der Waals surface area contributed by atoms with Crippen LogP contribution in [0.5, 0.6) is 0 Å². The monoisotopic (exact) mass is 407 g/mol. The summed E-state index contributed by atoms with van der Waals surface area (Å²) in [7, 11) is 0. The summed E-state index contributed by atoms with van der Waals surface area (Å²) in [6.07, 6.45) is 1.08. The van der Waals surface area contributed by atoms with E-state index in [1.807, 2.05) is 13.0 Å². The Balaban J connectivity index is 0.00000220. The summed E-state index contributed by atoms with van der Waals surface area (Å²) in [5.41, 5.74) is 0.688. The number of aliphatic hydroxyl groups excluding tert-OH is 1. The van der Waals surface area contributed by atoms with E-state index < -0.39 is 0 Å². The van der Waals surface area contributed by atoms with Crippen molar-refractivity contribution in [3.05, 3.63) is 35.6 Å². The number of benzene rings is 1. The van der Waals surface area contributed by atoms with Gasteiger partial charge < -0.3 is 15.3 Å². The maximum atomic E-state index is 13.5. The Morgan fingerprint density at radius 2 is 2.24 bits per heavy atom.